The summed E-state index contributed by atoms with van der Waals surface area (Å²) in [5.41, 5.74) is -0.713. The Hall–Kier alpha value is -1.23. The Bertz CT molecular complexity index is 430. The Morgan fingerprint density at radius 2 is 1.65 bits per heavy atom. The number of carbonyl (C=O) groups is 1. The molecule has 1 aromatic heterocycles. The maximum absolute atomic E-state index is 11.8. The first-order valence-corrected chi connectivity index (χ1v) is 7.52. The van der Waals surface area contributed by atoms with Crippen molar-refractivity contribution in [1.29, 1.82) is 0 Å². The number of ether oxygens (including phenoxy) is 3. The summed E-state index contributed by atoms with van der Waals surface area (Å²) in [6, 6.07) is 1.69. The average molecular weight is 300 g/mol. The van der Waals surface area contributed by atoms with Crippen molar-refractivity contribution < 1.29 is 19.0 Å². The van der Waals surface area contributed by atoms with E-state index in [1.807, 2.05) is 41.5 Å². The Morgan fingerprint density at radius 3 is 2.10 bits per heavy atom. The van der Waals surface area contributed by atoms with Gasteiger partial charge >= 0.3 is 5.97 Å². The molecule has 0 aliphatic heterocycles. The number of hydrogen-bond acceptors (Lipinski definition) is 5. The summed E-state index contributed by atoms with van der Waals surface area (Å²) in [4.78, 5) is 12.3. The molecule has 0 fully saturated rings. The summed E-state index contributed by atoms with van der Waals surface area (Å²) in [5, 5.41) is 0.607. The normalized spacial score (nSPS) is 12.2. The molecule has 1 aromatic rings. The Morgan fingerprint density at radius 1 is 1.10 bits per heavy atom. The number of rotatable bonds is 4. The second-order valence-corrected chi connectivity index (χ2v) is 7.43. The first kappa shape index (κ1) is 16.8. The van der Waals surface area contributed by atoms with Gasteiger partial charge in [-0.05, 0) is 48.5 Å². The van der Waals surface area contributed by atoms with E-state index in [4.69, 9.17) is 14.2 Å². The first-order valence-electron chi connectivity index (χ1n) is 6.71. The van der Waals surface area contributed by atoms with Gasteiger partial charge < -0.3 is 14.2 Å². The van der Waals surface area contributed by atoms with Crippen molar-refractivity contribution in [2.75, 3.05) is 6.61 Å². The predicted molar refractivity (Wildman–Crippen MR) is 81.0 cm³/mol. The lowest BCUT2D eigenvalue weighted by atomic mass is 10.2. The number of carbonyl (C=O) groups excluding carboxylic acids is 1. The molecule has 0 unspecified atom stereocenters. The van der Waals surface area contributed by atoms with Gasteiger partial charge in [-0.25, -0.2) is 4.79 Å². The van der Waals surface area contributed by atoms with Gasteiger partial charge in [0.1, 0.15) is 16.1 Å². The minimum absolute atomic E-state index is 0.347. The fraction of sp³-hybridized carbons (Fsp3) is 0.667. The van der Waals surface area contributed by atoms with Crippen LogP contribution >= 0.6 is 11.3 Å². The van der Waals surface area contributed by atoms with E-state index in [9.17, 15) is 4.79 Å². The molecule has 0 aromatic carbocycles. The van der Waals surface area contributed by atoms with Crippen LogP contribution in [0.3, 0.4) is 0 Å². The molecule has 0 N–H and O–H groups in total. The maximum atomic E-state index is 11.8. The molecule has 0 saturated heterocycles. The van der Waals surface area contributed by atoms with Crippen LogP contribution in [-0.4, -0.2) is 23.8 Å². The highest BCUT2D eigenvalue weighted by Gasteiger charge is 2.25. The Labute approximate surface area is 125 Å². The molecule has 114 valence electrons. The minimum Gasteiger partial charge on any atom is -0.483 e. The zero-order chi connectivity index (χ0) is 15.6. The highest BCUT2D eigenvalue weighted by atomic mass is 32.1. The summed E-state index contributed by atoms with van der Waals surface area (Å²) in [7, 11) is 0. The van der Waals surface area contributed by atoms with Gasteiger partial charge in [-0.1, -0.05) is 11.3 Å². The van der Waals surface area contributed by atoms with E-state index in [0.29, 0.717) is 22.3 Å². The minimum atomic E-state index is -0.358. The monoisotopic (exact) mass is 300 g/mol. The molecule has 0 radical (unpaired) electrons. The lowest BCUT2D eigenvalue weighted by Gasteiger charge is -2.24. The van der Waals surface area contributed by atoms with Gasteiger partial charge in [0.2, 0.25) is 5.06 Å². The van der Waals surface area contributed by atoms with Crippen LogP contribution in [0.15, 0.2) is 6.07 Å². The first-order chi connectivity index (χ1) is 9.02. The lowest BCUT2D eigenvalue weighted by molar-refractivity contribution is 0.0531. The van der Waals surface area contributed by atoms with E-state index < -0.39 is 0 Å². The number of hydrogen-bond donors (Lipinski definition) is 0. The van der Waals surface area contributed by atoms with E-state index >= 15 is 0 Å². The third-order valence-corrected chi connectivity index (χ3v) is 2.93. The molecule has 0 aliphatic rings. The topological polar surface area (TPSA) is 44.8 Å². The van der Waals surface area contributed by atoms with Crippen molar-refractivity contribution >= 4 is 17.3 Å². The summed E-state index contributed by atoms with van der Waals surface area (Å²) in [5.74, 6) is 0.237. The van der Waals surface area contributed by atoms with Crippen LogP contribution in [0.1, 0.15) is 58.1 Å². The van der Waals surface area contributed by atoms with Gasteiger partial charge in [0.25, 0.3) is 0 Å². The molecule has 0 amide bonds. The molecular weight excluding hydrogens is 276 g/mol. The highest BCUT2D eigenvalue weighted by Crippen LogP contribution is 2.41. The summed E-state index contributed by atoms with van der Waals surface area (Å²) in [6.45, 7) is 13.9. The molecule has 0 bridgehead atoms. The number of thiophene rings is 1. The van der Waals surface area contributed by atoms with Crippen LogP contribution in [0.5, 0.6) is 10.8 Å². The zero-order valence-electron chi connectivity index (χ0n) is 13.3. The Balaban J connectivity index is 3.08. The third-order valence-electron chi connectivity index (χ3n) is 1.96. The van der Waals surface area contributed by atoms with Crippen LogP contribution in [0.2, 0.25) is 0 Å². The van der Waals surface area contributed by atoms with E-state index in [1.165, 1.54) is 11.3 Å². The van der Waals surface area contributed by atoms with Gasteiger partial charge in [0.05, 0.1) is 6.61 Å². The second-order valence-electron chi connectivity index (χ2n) is 6.41. The van der Waals surface area contributed by atoms with Crippen LogP contribution in [0.25, 0.3) is 0 Å². The Kier molecular flexibility index (Phi) is 5.08. The van der Waals surface area contributed by atoms with Gasteiger partial charge in [0.15, 0.2) is 5.75 Å². The van der Waals surface area contributed by atoms with E-state index in [-0.39, 0.29) is 17.2 Å². The SMILES string of the molecule is CCOC(=O)c1cc(OC(C)(C)C)c(OC(C)(C)C)s1. The second kappa shape index (κ2) is 6.04. The van der Waals surface area contributed by atoms with Crippen LogP contribution in [0, 0.1) is 0 Å². The van der Waals surface area contributed by atoms with Gasteiger partial charge in [-0.2, -0.15) is 0 Å². The average Bonchev–Trinajstić information content (AvgIpc) is 2.57. The van der Waals surface area contributed by atoms with Crippen LogP contribution < -0.4 is 9.47 Å². The lowest BCUT2D eigenvalue weighted by Crippen LogP contribution is -2.25. The van der Waals surface area contributed by atoms with Crippen molar-refractivity contribution in [2.24, 2.45) is 0 Å². The van der Waals surface area contributed by atoms with Gasteiger partial charge in [-0.3, -0.25) is 0 Å². The fourth-order valence-electron chi connectivity index (χ4n) is 1.41. The van der Waals surface area contributed by atoms with Gasteiger partial charge in [0, 0.05) is 6.07 Å². The number of esters is 1. The molecule has 1 heterocycles. The molecule has 5 heteroatoms. The molecule has 20 heavy (non-hydrogen) atoms. The molecule has 4 nitrogen and oxygen atoms in total. The van der Waals surface area contributed by atoms with E-state index in [1.54, 1.807) is 13.0 Å². The molecule has 0 aliphatic carbocycles. The maximum Gasteiger partial charge on any atom is 0.348 e. The van der Waals surface area contributed by atoms with E-state index in [2.05, 4.69) is 0 Å². The molecular formula is C15H24O4S. The largest absolute Gasteiger partial charge is 0.483 e. The van der Waals surface area contributed by atoms with Crippen molar-refractivity contribution in [3.8, 4) is 10.8 Å². The fourth-order valence-corrected chi connectivity index (χ4v) is 2.41. The highest BCUT2D eigenvalue weighted by molar-refractivity contribution is 7.16. The zero-order valence-corrected chi connectivity index (χ0v) is 14.1. The van der Waals surface area contributed by atoms with E-state index in [0.717, 1.165) is 0 Å². The molecule has 1 rings (SSSR count). The van der Waals surface area contributed by atoms with Crippen molar-refractivity contribution in [1.82, 2.24) is 0 Å². The molecule has 0 saturated carbocycles. The smallest absolute Gasteiger partial charge is 0.348 e. The van der Waals surface area contributed by atoms with Crippen LogP contribution in [-0.2, 0) is 4.74 Å². The molecule has 0 spiro atoms. The van der Waals surface area contributed by atoms with Crippen molar-refractivity contribution in [3.05, 3.63) is 10.9 Å². The third kappa shape index (κ3) is 5.41. The van der Waals surface area contributed by atoms with Crippen molar-refractivity contribution in [3.63, 3.8) is 0 Å². The van der Waals surface area contributed by atoms with Crippen molar-refractivity contribution in [2.45, 2.75) is 59.7 Å². The van der Waals surface area contributed by atoms with Crippen LogP contribution in [0.4, 0.5) is 0 Å². The molecule has 0 atom stereocenters. The summed E-state index contributed by atoms with van der Waals surface area (Å²) in [6.07, 6.45) is 0. The summed E-state index contributed by atoms with van der Waals surface area (Å²) < 4.78 is 16.8. The van der Waals surface area contributed by atoms with Gasteiger partial charge in [-0.15, -0.1) is 0 Å². The predicted octanol–water partition coefficient (Wildman–Crippen LogP) is 4.28. The standard InChI is InChI=1S/C15H24O4S/c1-8-17-12(16)11-9-10(18-14(2,3)4)13(20-11)19-15(5,6)7/h9H,8H2,1-7H3. The quantitative estimate of drug-likeness (QED) is 0.779. The summed E-state index contributed by atoms with van der Waals surface area (Å²) >= 11 is 1.25.